The molecule has 19 heavy (non-hydrogen) atoms. The molecule has 0 saturated carbocycles. The van der Waals surface area contributed by atoms with Crippen molar-refractivity contribution in [3.05, 3.63) is 62.3 Å². The van der Waals surface area contributed by atoms with Crippen molar-refractivity contribution in [2.24, 2.45) is 0 Å². The SMILES string of the molecule is Cc1cc(C)cc(Cc2nc3c(c(=O)[nH]2)CSC3)c1. The molecule has 0 radical (unpaired) electrons. The number of rotatable bonds is 2. The predicted molar refractivity (Wildman–Crippen MR) is 78.6 cm³/mol. The molecule has 0 amide bonds. The summed E-state index contributed by atoms with van der Waals surface area (Å²) in [5.41, 5.74) is 5.55. The van der Waals surface area contributed by atoms with Crippen LogP contribution in [0.3, 0.4) is 0 Å². The van der Waals surface area contributed by atoms with Crippen LogP contribution < -0.4 is 5.56 Å². The minimum absolute atomic E-state index is 0.0365. The zero-order valence-electron chi connectivity index (χ0n) is 11.1. The van der Waals surface area contributed by atoms with E-state index >= 15 is 0 Å². The average Bonchev–Trinajstić information content (AvgIpc) is 2.75. The molecule has 3 rings (SSSR count). The van der Waals surface area contributed by atoms with Gasteiger partial charge in [0.25, 0.3) is 5.56 Å². The second-order valence-corrected chi connectivity index (χ2v) is 6.09. The van der Waals surface area contributed by atoms with Gasteiger partial charge in [0.2, 0.25) is 0 Å². The van der Waals surface area contributed by atoms with E-state index in [1.54, 1.807) is 11.8 Å². The van der Waals surface area contributed by atoms with E-state index in [1.807, 2.05) is 0 Å². The van der Waals surface area contributed by atoms with Gasteiger partial charge < -0.3 is 4.98 Å². The van der Waals surface area contributed by atoms with Crippen LogP contribution in [0.5, 0.6) is 0 Å². The zero-order chi connectivity index (χ0) is 13.4. The highest BCUT2D eigenvalue weighted by Crippen LogP contribution is 2.25. The van der Waals surface area contributed by atoms with Crippen molar-refractivity contribution in [2.75, 3.05) is 0 Å². The van der Waals surface area contributed by atoms with Crippen molar-refractivity contribution in [1.29, 1.82) is 0 Å². The highest BCUT2D eigenvalue weighted by Gasteiger charge is 2.17. The maximum Gasteiger partial charge on any atom is 0.255 e. The van der Waals surface area contributed by atoms with Gasteiger partial charge in [-0.3, -0.25) is 4.79 Å². The molecule has 0 fully saturated rings. The molecule has 98 valence electrons. The van der Waals surface area contributed by atoms with Gasteiger partial charge in [0.1, 0.15) is 5.82 Å². The third-order valence-corrected chi connectivity index (χ3v) is 4.26. The number of nitrogens with one attached hydrogen (secondary N) is 1. The summed E-state index contributed by atoms with van der Waals surface area (Å²) in [5.74, 6) is 2.43. The first-order chi connectivity index (χ1) is 9.11. The van der Waals surface area contributed by atoms with Gasteiger partial charge in [-0.05, 0) is 19.4 Å². The lowest BCUT2D eigenvalue weighted by Crippen LogP contribution is -2.17. The lowest BCUT2D eigenvalue weighted by molar-refractivity contribution is 0.902. The average molecular weight is 272 g/mol. The molecule has 2 aromatic rings. The fraction of sp³-hybridized carbons (Fsp3) is 0.333. The van der Waals surface area contributed by atoms with Crippen molar-refractivity contribution >= 4 is 11.8 Å². The van der Waals surface area contributed by atoms with Crippen LogP contribution in [0.15, 0.2) is 23.0 Å². The molecule has 3 nitrogen and oxygen atoms in total. The topological polar surface area (TPSA) is 45.8 Å². The van der Waals surface area contributed by atoms with Crippen LogP contribution in [-0.2, 0) is 17.9 Å². The second-order valence-electron chi connectivity index (χ2n) is 5.10. The lowest BCUT2D eigenvalue weighted by Gasteiger charge is -2.06. The molecule has 1 aromatic carbocycles. The van der Waals surface area contributed by atoms with Crippen molar-refractivity contribution in [3.8, 4) is 0 Å². The standard InChI is InChI=1S/C15H16N2OS/c1-9-3-10(2)5-11(4-9)6-14-16-13-8-19-7-12(13)15(18)17-14/h3-5H,6-8H2,1-2H3,(H,16,17,18). The van der Waals surface area contributed by atoms with E-state index in [0.29, 0.717) is 6.42 Å². The Bertz CT molecular complexity index is 671. The third kappa shape index (κ3) is 2.59. The number of aromatic amines is 1. The molecular weight excluding hydrogens is 256 g/mol. The molecule has 1 N–H and O–H groups in total. The summed E-state index contributed by atoms with van der Waals surface area (Å²) in [6.07, 6.45) is 0.690. The molecule has 0 saturated heterocycles. The number of benzene rings is 1. The van der Waals surface area contributed by atoms with Crippen LogP contribution in [0.2, 0.25) is 0 Å². The van der Waals surface area contributed by atoms with E-state index < -0.39 is 0 Å². The molecule has 1 aromatic heterocycles. The first-order valence-electron chi connectivity index (χ1n) is 6.37. The molecular formula is C15H16N2OS. The quantitative estimate of drug-likeness (QED) is 0.914. The Morgan fingerprint density at radius 1 is 1.21 bits per heavy atom. The molecule has 0 atom stereocenters. The summed E-state index contributed by atoms with van der Waals surface area (Å²) >= 11 is 1.75. The molecule has 1 aliphatic heterocycles. The maximum atomic E-state index is 11.9. The Morgan fingerprint density at radius 2 is 1.95 bits per heavy atom. The van der Waals surface area contributed by atoms with Gasteiger partial charge in [-0.1, -0.05) is 29.3 Å². The first kappa shape index (κ1) is 12.5. The van der Waals surface area contributed by atoms with Crippen LogP contribution in [0, 0.1) is 13.8 Å². The molecule has 0 bridgehead atoms. The van der Waals surface area contributed by atoms with Gasteiger partial charge in [-0.15, -0.1) is 0 Å². The Balaban J connectivity index is 1.95. The van der Waals surface area contributed by atoms with Gasteiger partial charge in [-0.2, -0.15) is 11.8 Å². The molecule has 2 heterocycles. The largest absolute Gasteiger partial charge is 0.310 e. The molecule has 0 spiro atoms. The normalized spacial score (nSPS) is 13.6. The maximum absolute atomic E-state index is 11.9. The highest BCUT2D eigenvalue weighted by molar-refractivity contribution is 7.98. The van der Waals surface area contributed by atoms with Crippen LogP contribution in [0.25, 0.3) is 0 Å². The first-order valence-corrected chi connectivity index (χ1v) is 7.53. The van der Waals surface area contributed by atoms with E-state index in [0.717, 1.165) is 28.6 Å². The van der Waals surface area contributed by atoms with E-state index in [4.69, 9.17) is 0 Å². The summed E-state index contributed by atoms with van der Waals surface area (Å²) in [6.45, 7) is 4.18. The summed E-state index contributed by atoms with van der Waals surface area (Å²) in [5, 5.41) is 0. The van der Waals surface area contributed by atoms with E-state index in [9.17, 15) is 4.79 Å². The minimum Gasteiger partial charge on any atom is -0.310 e. The van der Waals surface area contributed by atoms with Crippen molar-refractivity contribution in [1.82, 2.24) is 9.97 Å². The molecule has 0 unspecified atom stereocenters. The summed E-state index contributed by atoms with van der Waals surface area (Å²) in [7, 11) is 0. The van der Waals surface area contributed by atoms with Crippen molar-refractivity contribution in [2.45, 2.75) is 31.8 Å². The fourth-order valence-electron chi connectivity index (χ4n) is 2.56. The van der Waals surface area contributed by atoms with Crippen LogP contribution in [0.1, 0.15) is 33.8 Å². The van der Waals surface area contributed by atoms with E-state index in [1.165, 1.54) is 16.7 Å². The lowest BCUT2D eigenvalue weighted by atomic mass is 10.0. The number of hydrogen-bond donors (Lipinski definition) is 1. The monoisotopic (exact) mass is 272 g/mol. The predicted octanol–water partition coefficient (Wildman–Crippen LogP) is 2.72. The Morgan fingerprint density at radius 3 is 2.68 bits per heavy atom. The third-order valence-electron chi connectivity index (χ3n) is 3.29. The number of aryl methyl sites for hydroxylation is 2. The summed E-state index contributed by atoms with van der Waals surface area (Å²) in [4.78, 5) is 19.5. The van der Waals surface area contributed by atoms with Gasteiger partial charge >= 0.3 is 0 Å². The minimum atomic E-state index is 0.0365. The number of hydrogen-bond acceptors (Lipinski definition) is 3. The van der Waals surface area contributed by atoms with E-state index in [-0.39, 0.29) is 5.56 Å². The van der Waals surface area contributed by atoms with Gasteiger partial charge in [0.15, 0.2) is 0 Å². The second kappa shape index (κ2) is 4.85. The molecule has 0 aliphatic carbocycles. The number of fused-ring (bicyclic) bond motifs is 1. The van der Waals surface area contributed by atoms with Crippen LogP contribution in [0.4, 0.5) is 0 Å². The van der Waals surface area contributed by atoms with Crippen molar-refractivity contribution in [3.63, 3.8) is 0 Å². The Hall–Kier alpha value is -1.55. The van der Waals surface area contributed by atoms with Gasteiger partial charge in [0.05, 0.1) is 5.69 Å². The fourth-order valence-corrected chi connectivity index (χ4v) is 3.60. The summed E-state index contributed by atoms with van der Waals surface area (Å²) < 4.78 is 0. The Kier molecular flexibility index (Phi) is 3.19. The zero-order valence-corrected chi connectivity index (χ0v) is 11.9. The number of nitrogens with zero attached hydrogens (tertiary/aromatic N) is 1. The van der Waals surface area contributed by atoms with Crippen LogP contribution >= 0.6 is 11.8 Å². The van der Waals surface area contributed by atoms with Gasteiger partial charge in [-0.25, -0.2) is 4.98 Å². The van der Waals surface area contributed by atoms with Crippen LogP contribution in [-0.4, -0.2) is 9.97 Å². The van der Waals surface area contributed by atoms with Gasteiger partial charge in [0, 0.05) is 23.5 Å². The molecule has 4 heteroatoms. The smallest absolute Gasteiger partial charge is 0.255 e. The van der Waals surface area contributed by atoms with E-state index in [2.05, 4.69) is 42.0 Å². The highest BCUT2D eigenvalue weighted by atomic mass is 32.2. The summed E-state index contributed by atoms with van der Waals surface area (Å²) in [6, 6.07) is 6.45. The number of aromatic nitrogens is 2. The van der Waals surface area contributed by atoms with Crippen molar-refractivity contribution < 1.29 is 0 Å². The number of H-pyrrole nitrogens is 1. The Labute approximate surface area is 116 Å². The number of thioether (sulfide) groups is 1. The molecule has 1 aliphatic rings.